The summed E-state index contributed by atoms with van der Waals surface area (Å²) in [7, 11) is 1.64. The van der Waals surface area contributed by atoms with E-state index in [1.54, 1.807) is 14.0 Å². The van der Waals surface area contributed by atoms with Gasteiger partial charge in [0, 0.05) is 16.5 Å². The molecule has 0 spiro atoms. The quantitative estimate of drug-likeness (QED) is 0.451. The molecule has 5 nitrogen and oxygen atoms in total. The van der Waals surface area contributed by atoms with E-state index in [-0.39, 0.29) is 6.61 Å². The van der Waals surface area contributed by atoms with Crippen molar-refractivity contribution < 1.29 is 14.3 Å². The van der Waals surface area contributed by atoms with Gasteiger partial charge in [-0.15, -0.1) is 11.3 Å². The second-order valence-corrected chi connectivity index (χ2v) is 7.37. The molecule has 2 aromatic heterocycles. The van der Waals surface area contributed by atoms with Crippen LogP contribution in [0.3, 0.4) is 0 Å². The van der Waals surface area contributed by atoms with Gasteiger partial charge in [0.25, 0.3) is 0 Å². The van der Waals surface area contributed by atoms with Crippen LogP contribution in [-0.4, -0.2) is 24.7 Å². The molecule has 0 fully saturated rings. The van der Waals surface area contributed by atoms with Crippen molar-refractivity contribution in [2.24, 2.45) is 0 Å². The van der Waals surface area contributed by atoms with E-state index in [1.807, 2.05) is 60.7 Å². The Balaban J connectivity index is 2.04. The van der Waals surface area contributed by atoms with Gasteiger partial charge in [0.05, 0.1) is 25.1 Å². The Labute approximate surface area is 172 Å². The summed E-state index contributed by atoms with van der Waals surface area (Å²) >= 11 is 1.25. The lowest BCUT2D eigenvalue weighted by Crippen LogP contribution is -2.04. The van der Waals surface area contributed by atoms with E-state index >= 15 is 0 Å². The Morgan fingerprint density at radius 2 is 1.79 bits per heavy atom. The third-order valence-corrected chi connectivity index (χ3v) is 5.71. The van der Waals surface area contributed by atoms with E-state index in [4.69, 9.17) is 20.2 Å². The Morgan fingerprint density at radius 1 is 1.07 bits per heavy atom. The molecule has 0 radical (unpaired) electrons. The second-order valence-electron chi connectivity index (χ2n) is 6.37. The lowest BCUT2D eigenvalue weighted by atomic mass is 9.98. The lowest BCUT2D eigenvalue weighted by Gasteiger charge is -2.12. The van der Waals surface area contributed by atoms with E-state index in [2.05, 4.69) is 0 Å². The highest BCUT2D eigenvalue weighted by atomic mass is 32.1. The van der Waals surface area contributed by atoms with Crippen LogP contribution in [0.25, 0.3) is 32.6 Å². The molecule has 4 rings (SSSR count). The smallest absolute Gasteiger partial charge is 0.350 e. The average molecular weight is 404 g/mol. The molecule has 2 heterocycles. The number of carbonyl (C=O) groups is 1. The van der Waals surface area contributed by atoms with Crippen LogP contribution in [0.2, 0.25) is 0 Å². The summed E-state index contributed by atoms with van der Waals surface area (Å²) in [5, 5.41) is 0.738. The predicted octanol–water partition coefficient (Wildman–Crippen LogP) is 5.40. The van der Waals surface area contributed by atoms with Crippen LogP contribution in [0.1, 0.15) is 16.6 Å². The molecule has 4 aromatic rings. The first kappa shape index (κ1) is 19.0. The van der Waals surface area contributed by atoms with Crippen molar-refractivity contribution in [2.75, 3.05) is 19.5 Å². The number of ether oxygens (including phenoxy) is 2. The number of pyridine rings is 1. The van der Waals surface area contributed by atoms with Crippen LogP contribution >= 0.6 is 11.3 Å². The van der Waals surface area contributed by atoms with E-state index < -0.39 is 5.97 Å². The van der Waals surface area contributed by atoms with E-state index in [1.165, 1.54) is 11.3 Å². The maximum absolute atomic E-state index is 12.4. The molecule has 0 amide bonds. The summed E-state index contributed by atoms with van der Waals surface area (Å²) < 4.78 is 10.8. The number of thiophene rings is 1. The number of hydrogen-bond acceptors (Lipinski definition) is 6. The third-order valence-electron chi connectivity index (χ3n) is 4.63. The van der Waals surface area contributed by atoms with Crippen molar-refractivity contribution >= 4 is 33.2 Å². The number of rotatable bonds is 5. The number of nitrogen functional groups attached to an aromatic ring is 1. The van der Waals surface area contributed by atoms with E-state index in [0.717, 1.165) is 33.5 Å². The number of hydrogen-bond donors (Lipinski definition) is 1. The number of aromatic nitrogens is 1. The molecule has 0 aliphatic heterocycles. The topological polar surface area (TPSA) is 74.4 Å². The number of benzene rings is 2. The first-order chi connectivity index (χ1) is 14.1. The zero-order chi connectivity index (χ0) is 20.4. The number of nitrogens with two attached hydrogens (primary N) is 1. The van der Waals surface area contributed by atoms with Crippen molar-refractivity contribution in [3.05, 3.63) is 65.5 Å². The van der Waals surface area contributed by atoms with Gasteiger partial charge in [-0.2, -0.15) is 0 Å². The molecule has 29 heavy (non-hydrogen) atoms. The Morgan fingerprint density at radius 3 is 2.52 bits per heavy atom. The molecule has 0 unspecified atom stereocenters. The number of anilines is 1. The van der Waals surface area contributed by atoms with E-state index in [0.29, 0.717) is 15.4 Å². The molecule has 0 aliphatic rings. The summed E-state index contributed by atoms with van der Waals surface area (Å²) in [5.41, 5.74) is 10.3. The van der Waals surface area contributed by atoms with E-state index in [9.17, 15) is 4.79 Å². The largest absolute Gasteiger partial charge is 0.496 e. The van der Waals surface area contributed by atoms with Crippen molar-refractivity contribution in [1.82, 2.24) is 4.98 Å². The molecule has 6 heteroatoms. The Kier molecular flexibility index (Phi) is 5.18. The average Bonchev–Trinajstić information content (AvgIpc) is 3.10. The van der Waals surface area contributed by atoms with Crippen molar-refractivity contribution in [3.8, 4) is 28.1 Å². The van der Waals surface area contributed by atoms with Gasteiger partial charge in [0.15, 0.2) is 0 Å². The molecular formula is C23H20N2O3S. The van der Waals surface area contributed by atoms with Crippen LogP contribution in [-0.2, 0) is 4.74 Å². The zero-order valence-corrected chi connectivity index (χ0v) is 17.0. The van der Waals surface area contributed by atoms with Crippen LogP contribution in [0.15, 0.2) is 60.7 Å². The van der Waals surface area contributed by atoms with Crippen LogP contribution < -0.4 is 10.5 Å². The predicted molar refractivity (Wildman–Crippen MR) is 117 cm³/mol. The minimum absolute atomic E-state index is 0.286. The van der Waals surface area contributed by atoms with Gasteiger partial charge in [0.2, 0.25) is 0 Å². The standard InChI is InChI=1S/C23H20N2O3S/c1-3-28-23(26)21-20(24)19-16(15-11-7-8-12-18(15)27-2)13-17(25-22(19)29-21)14-9-5-4-6-10-14/h4-13H,3,24H2,1-2H3. The third kappa shape index (κ3) is 3.43. The number of para-hydroxylation sites is 1. The van der Waals surface area contributed by atoms with Gasteiger partial charge >= 0.3 is 5.97 Å². The van der Waals surface area contributed by atoms with Crippen LogP contribution in [0.5, 0.6) is 5.75 Å². The summed E-state index contributed by atoms with van der Waals surface area (Å²) in [4.78, 5) is 18.3. The Bertz CT molecular complexity index is 1190. The fraction of sp³-hybridized carbons (Fsp3) is 0.130. The maximum Gasteiger partial charge on any atom is 0.350 e. The van der Waals surface area contributed by atoms with Gasteiger partial charge in [-0.1, -0.05) is 48.5 Å². The molecule has 146 valence electrons. The Hall–Kier alpha value is -3.38. The normalized spacial score (nSPS) is 10.8. The van der Waals surface area contributed by atoms with Crippen molar-refractivity contribution in [2.45, 2.75) is 6.92 Å². The number of carbonyl (C=O) groups excluding carboxylic acids is 1. The van der Waals surface area contributed by atoms with Gasteiger partial charge in [-0.3, -0.25) is 0 Å². The molecule has 0 bridgehead atoms. The highest BCUT2D eigenvalue weighted by molar-refractivity contribution is 7.21. The van der Waals surface area contributed by atoms with Gasteiger partial charge in [-0.25, -0.2) is 9.78 Å². The molecule has 0 atom stereocenters. The highest BCUT2D eigenvalue weighted by Gasteiger charge is 2.23. The zero-order valence-electron chi connectivity index (χ0n) is 16.1. The van der Waals surface area contributed by atoms with Gasteiger partial charge in [-0.05, 0) is 24.6 Å². The fourth-order valence-corrected chi connectivity index (χ4v) is 4.32. The van der Waals surface area contributed by atoms with Crippen LogP contribution in [0, 0.1) is 0 Å². The molecule has 0 saturated carbocycles. The first-order valence-electron chi connectivity index (χ1n) is 9.23. The molecule has 2 aromatic carbocycles. The van der Waals surface area contributed by atoms with Crippen molar-refractivity contribution in [1.29, 1.82) is 0 Å². The molecule has 2 N–H and O–H groups in total. The lowest BCUT2D eigenvalue weighted by molar-refractivity contribution is 0.0533. The first-order valence-corrected chi connectivity index (χ1v) is 10.0. The molecule has 0 aliphatic carbocycles. The summed E-state index contributed by atoms with van der Waals surface area (Å²) in [6.45, 7) is 2.06. The van der Waals surface area contributed by atoms with Gasteiger partial charge < -0.3 is 15.2 Å². The monoisotopic (exact) mass is 404 g/mol. The van der Waals surface area contributed by atoms with Crippen molar-refractivity contribution in [3.63, 3.8) is 0 Å². The number of esters is 1. The maximum atomic E-state index is 12.4. The number of methoxy groups -OCH3 is 1. The van der Waals surface area contributed by atoms with Crippen LogP contribution in [0.4, 0.5) is 5.69 Å². The molecular weight excluding hydrogens is 384 g/mol. The minimum atomic E-state index is -0.430. The summed E-state index contributed by atoms with van der Waals surface area (Å²) in [6.07, 6.45) is 0. The van der Waals surface area contributed by atoms with Gasteiger partial charge in [0.1, 0.15) is 15.5 Å². The minimum Gasteiger partial charge on any atom is -0.496 e. The molecule has 0 saturated heterocycles. The number of fused-ring (bicyclic) bond motifs is 1. The highest BCUT2D eigenvalue weighted by Crippen LogP contribution is 2.43. The second kappa shape index (κ2) is 7.93. The summed E-state index contributed by atoms with van der Waals surface area (Å²) in [6, 6.07) is 19.6. The summed E-state index contributed by atoms with van der Waals surface area (Å²) in [5.74, 6) is 0.294. The fourth-order valence-electron chi connectivity index (χ4n) is 3.31. The SMILES string of the molecule is CCOC(=O)c1sc2nc(-c3ccccc3)cc(-c3ccccc3OC)c2c1N. The number of nitrogens with zero attached hydrogens (tertiary/aromatic N) is 1.